The van der Waals surface area contributed by atoms with Crippen LogP contribution in [-0.2, 0) is 20.0 Å². The topological polar surface area (TPSA) is 113 Å². The first-order chi connectivity index (χ1) is 16.6. The van der Waals surface area contributed by atoms with Gasteiger partial charge in [-0.15, -0.1) is 0 Å². The van der Waals surface area contributed by atoms with Crippen LogP contribution in [0.4, 0.5) is 5.69 Å². The quantitative estimate of drug-likeness (QED) is 0.602. The van der Waals surface area contributed by atoms with Crippen LogP contribution in [0.15, 0.2) is 36.4 Å². The smallest absolute Gasteiger partial charge is 0.291 e. The molecule has 2 aliphatic heterocycles. The van der Waals surface area contributed by atoms with Crippen LogP contribution in [0, 0.1) is 11.3 Å². The Kier molecular flexibility index (Phi) is 5.92. The summed E-state index contributed by atoms with van der Waals surface area (Å²) in [6.07, 6.45) is 0.759. The molecule has 9 nitrogen and oxygen atoms in total. The molecule has 174 valence electrons. The van der Waals surface area contributed by atoms with Gasteiger partial charge >= 0.3 is 0 Å². The number of β-amino-alcohol motifs (C(OH)–C–C–N with tert-alkyl or cyclic N) is 1. The molecule has 2 aromatic carbocycles. The number of benzene rings is 2. The number of amides is 1. The zero-order valence-corrected chi connectivity index (χ0v) is 18.9. The summed E-state index contributed by atoms with van der Waals surface area (Å²) in [4.78, 5) is 19.9. The van der Waals surface area contributed by atoms with Crippen LogP contribution in [-0.4, -0.2) is 58.4 Å². The van der Waals surface area contributed by atoms with Gasteiger partial charge in [-0.2, -0.15) is 5.26 Å². The minimum absolute atomic E-state index is 0.0894. The number of aliphatic hydroxyl groups is 1. The zero-order chi connectivity index (χ0) is 23.7. The molecule has 0 unspecified atom stereocenters. The highest BCUT2D eigenvalue weighted by molar-refractivity contribution is 6.03. The van der Waals surface area contributed by atoms with E-state index >= 15 is 0 Å². The van der Waals surface area contributed by atoms with Gasteiger partial charge in [0.15, 0.2) is 17.3 Å². The summed E-state index contributed by atoms with van der Waals surface area (Å²) in [6.45, 7) is 3.06. The highest BCUT2D eigenvalue weighted by Gasteiger charge is 2.26. The van der Waals surface area contributed by atoms with Crippen molar-refractivity contribution in [3.8, 4) is 28.7 Å². The molecule has 3 aromatic rings. The molecule has 0 aliphatic carbocycles. The van der Waals surface area contributed by atoms with Crippen molar-refractivity contribution < 1.29 is 19.4 Å². The van der Waals surface area contributed by atoms with Gasteiger partial charge in [0, 0.05) is 44.4 Å². The molecule has 2 aliphatic rings. The minimum Gasteiger partial charge on any atom is -0.486 e. The number of hydrogen-bond donors (Lipinski definition) is 2. The number of aromatic nitrogens is 2. The molecule has 0 bridgehead atoms. The molecule has 1 amide bonds. The van der Waals surface area contributed by atoms with Crippen molar-refractivity contribution in [1.82, 2.24) is 14.5 Å². The van der Waals surface area contributed by atoms with E-state index in [1.54, 1.807) is 12.1 Å². The maximum Gasteiger partial charge on any atom is 0.291 e. The normalized spacial score (nSPS) is 14.9. The van der Waals surface area contributed by atoms with Crippen LogP contribution in [0.2, 0.25) is 0 Å². The highest BCUT2D eigenvalue weighted by atomic mass is 16.6. The molecule has 0 saturated carbocycles. The lowest BCUT2D eigenvalue weighted by Gasteiger charge is -2.25. The van der Waals surface area contributed by atoms with Crippen LogP contribution in [0.5, 0.6) is 11.5 Å². The molecule has 0 atom stereocenters. The number of aliphatic hydroxyl groups excluding tert-OH is 1. The Labute approximate surface area is 197 Å². The van der Waals surface area contributed by atoms with E-state index in [0.717, 1.165) is 29.9 Å². The van der Waals surface area contributed by atoms with Gasteiger partial charge in [-0.05, 0) is 23.8 Å². The van der Waals surface area contributed by atoms with Gasteiger partial charge < -0.3 is 24.5 Å². The summed E-state index contributed by atoms with van der Waals surface area (Å²) in [5.41, 5.74) is 4.13. The molecule has 34 heavy (non-hydrogen) atoms. The van der Waals surface area contributed by atoms with Crippen molar-refractivity contribution in [3.63, 3.8) is 0 Å². The maximum absolute atomic E-state index is 13.2. The Morgan fingerprint density at radius 3 is 2.85 bits per heavy atom. The first-order valence-electron chi connectivity index (χ1n) is 11.2. The molecule has 1 aromatic heterocycles. The van der Waals surface area contributed by atoms with Gasteiger partial charge in [-0.3, -0.25) is 9.69 Å². The number of imidazole rings is 1. The summed E-state index contributed by atoms with van der Waals surface area (Å²) in [6, 6.07) is 13.1. The third-order valence-corrected chi connectivity index (χ3v) is 6.23. The van der Waals surface area contributed by atoms with E-state index in [2.05, 4.69) is 21.3 Å². The number of fused-ring (bicyclic) bond motifs is 2. The summed E-state index contributed by atoms with van der Waals surface area (Å²) < 4.78 is 13.1. The van der Waals surface area contributed by atoms with E-state index in [1.807, 2.05) is 35.9 Å². The van der Waals surface area contributed by atoms with Crippen molar-refractivity contribution >= 4 is 11.6 Å². The zero-order valence-electron chi connectivity index (χ0n) is 18.9. The number of rotatable bonds is 5. The monoisotopic (exact) mass is 459 g/mol. The van der Waals surface area contributed by atoms with Gasteiger partial charge in [0.1, 0.15) is 19.3 Å². The Balaban J connectivity index is 1.43. The predicted molar refractivity (Wildman–Crippen MR) is 125 cm³/mol. The third-order valence-electron chi connectivity index (χ3n) is 6.23. The Bertz CT molecular complexity index is 1290. The number of ether oxygens (including phenoxy) is 2. The SMILES string of the molecule is Cn1c(C(=O)Nc2cccc(-c3ccc4c(c3)OCCO4)c2C#N)nc2c1CCN(CCO)C2. The van der Waals surface area contributed by atoms with E-state index in [9.17, 15) is 15.2 Å². The van der Waals surface area contributed by atoms with Crippen molar-refractivity contribution in [2.45, 2.75) is 13.0 Å². The first kappa shape index (κ1) is 21.9. The van der Waals surface area contributed by atoms with Crippen LogP contribution >= 0.6 is 0 Å². The van der Waals surface area contributed by atoms with Crippen molar-refractivity contribution in [1.29, 1.82) is 5.26 Å². The van der Waals surface area contributed by atoms with Gasteiger partial charge in [0.25, 0.3) is 5.91 Å². The fraction of sp³-hybridized carbons (Fsp3) is 0.320. The van der Waals surface area contributed by atoms with Crippen LogP contribution in [0.1, 0.15) is 27.6 Å². The largest absolute Gasteiger partial charge is 0.486 e. The van der Waals surface area contributed by atoms with Crippen molar-refractivity contribution in [2.75, 3.05) is 38.2 Å². The fourth-order valence-corrected chi connectivity index (χ4v) is 4.52. The summed E-state index contributed by atoms with van der Waals surface area (Å²) in [5.74, 6) is 1.23. The van der Waals surface area contributed by atoms with E-state index in [-0.39, 0.29) is 12.5 Å². The number of hydrogen-bond acceptors (Lipinski definition) is 7. The Morgan fingerprint density at radius 1 is 1.24 bits per heavy atom. The first-order valence-corrected chi connectivity index (χ1v) is 11.2. The molecular formula is C25H25N5O4. The van der Waals surface area contributed by atoms with Gasteiger partial charge in [-0.25, -0.2) is 4.98 Å². The molecule has 9 heteroatoms. The van der Waals surface area contributed by atoms with E-state index in [1.165, 1.54) is 0 Å². The molecule has 3 heterocycles. The molecule has 2 N–H and O–H groups in total. The molecule has 0 spiro atoms. The third kappa shape index (κ3) is 3.98. The summed E-state index contributed by atoms with van der Waals surface area (Å²) in [7, 11) is 1.83. The Hall–Kier alpha value is -3.87. The fourth-order valence-electron chi connectivity index (χ4n) is 4.52. The second-order valence-corrected chi connectivity index (χ2v) is 8.29. The number of nitrogens with zero attached hydrogens (tertiary/aromatic N) is 4. The number of nitrogens with one attached hydrogen (secondary N) is 1. The van der Waals surface area contributed by atoms with E-state index in [4.69, 9.17) is 9.47 Å². The number of carbonyl (C=O) groups is 1. The molecule has 0 saturated heterocycles. The van der Waals surface area contributed by atoms with Crippen molar-refractivity contribution in [2.24, 2.45) is 7.05 Å². The number of carbonyl (C=O) groups excluding carboxylic acids is 1. The lowest BCUT2D eigenvalue weighted by atomic mass is 9.98. The van der Waals surface area contributed by atoms with E-state index in [0.29, 0.717) is 60.4 Å². The van der Waals surface area contributed by atoms with Crippen LogP contribution in [0.3, 0.4) is 0 Å². The molecule has 0 radical (unpaired) electrons. The minimum atomic E-state index is -0.374. The second kappa shape index (κ2) is 9.17. The highest BCUT2D eigenvalue weighted by Crippen LogP contribution is 2.37. The van der Waals surface area contributed by atoms with Crippen LogP contribution in [0.25, 0.3) is 11.1 Å². The van der Waals surface area contributed by atoms with Gasteiger partial charge in [0.05, 0.1) is 23.6 Å². The Morgan fingerprint density at radius 2 is 2.06 bits per heavy atom. The number of nitriles is 1. The predicted octanol–water partition coefficient (Wildman–Crippen LogP) is 2.33. The van der Waals surface area contributed by atoms with E-state index < -0.39 is 0 Å². The lowest BCUT2D eigenvalue weighted by Crippen LogP contribution is -2.33. The average molecular weight is 460 g/mol. The second-order valence-electron chi connectivity index (χ2n) is 8.29. The summed E-state index contributed by atoms with van der Waals surface area (Å²) >= 11 is 0. The maximum atomic E-state index is 13.2. The standard InChI is InChI=1S/C25H25N5O4/c1-29-21-7-8-30(9-10-31)15-20(21)27-24(29)25(32)28-19-4-2-3-17(18(19)14-26)16-5-6-22-23(13-16)34-12-11-33-22/h2-6,13,31H,7-12,15H2,1H3,(H,28,32). The molecular weight excluding hydrogens is 434 g/mol. The molecule has 0 fully saturated rings. The lowest BCUT2D eigenvalue weighted by molar-refractivity contribution is 0.101. The van der Waals surface area contributed by atoms with Crippen molar-refractivity contribution in [3.05, 3.63) is 59.2 Å². The summed E-state index contributed by atoms with van der Waals surface area (Å²) in [5, 5.41) is 22.0. The van der Waals surface area contributed by atoms with Gasteiger partial charge in [0.2, 0.25) is 0 Å². The van der Waals surface area contributed by atoms with Crippen LogP contribution < -0.4 is 14.8 Å². The number of anilines is 1. The molecule has 5 rings (SSSR count). The average Bonchev–Trinajstić information content (AvgIpc) is 3.19. The van der Waals surface area contributed by atoms with Gasteiger partial charge in [-0.1, -0.05) is 18.2 Å².